The lowest BCUT2D eigenvalue weighted by atomic mass is 9.88. The summed E-state index contributed by atoms with van der Waals surface area (Å²) in [6, 6.07) is -0.671. The van der Waals surface area contributed by atoms with Crippen molar-refractivity contribution < 1.29 is 14.7 Å². The number of carboxylic acids is 1. The van der Waals surface area contributed by atoms with Gasteiger partial charge in [0, 0.05) is 11.8 Å². The second kappa shape index (κ2) is 6.66. The number of hydrogen-bond acceptors (Lipinski definition) is 3. The molecule has 1 saturated carbocycles. The molecule has 1 saturated heterocycles. The summed E-state index contributed by atoms with van der Waals surface area (Å²) >= 11 is 1.64. The molecule has 0 aromatic carbocycles. The Hall–Kier alpha value is -0.970. The molecule has 0 aromatic rings. The van der Waals surface area contributed by atoms with Gasteiger partial charge in [-0.25, -0.2) is 4.79 Å². The van der Waals surface area contributed by atoms with Crippen LogP contribution in [0.25, 0.3) is 0 Å². The van der Waals surface area contributed by atoms with Crippen LogP contribution in [0.15, 0.2) is 11.6 Å². The molecule has 0 aromatic heterocycles. The van der Waals surface area contributed by atoms with Gasteiger partial charge < -0.3 is 10.0 Å². The number of allylic oxidation sites excluding steroid dienone is 1. The molecule has 2 fully saturated rings. The topological polar surface area (TPSA) is 57.6 Å². The predicted octanol–water partition coefficient (Wildman–Crippen LogP) is 2.89. The summed E-state index contributed by atoms with van der Waals surface area (Å²) in [6.45, 7) is 3.74. The van der Waals surface area contributed by atoms with Gasteiger partial charge in [-0.05, 0) is 32.6 Å². The highest BCUT2D eigenvalue weighted by Gasteiger charge is 2.44. The van der Waals surface area contributed by atoms with Crippen LogP contribution < -0.4 is 0 Å². The van der Waals surface area contributed by atoms with E-state index in [-0.39, 0.29) is 11.3 Å². The lowest BCUT2D eigenvalue weighted by Crippen LogP contribution is -2.47. The number of carbonyl (C=O) groups excluding carboxylic acids is 1. The van der Waals surface area contributed by atoms with Gasteiger partial charge in [-0.1, -0.05) is 24.8 Å². The molecule has 1 aliphatic heterocycles. The zero-order valence-electron chi connectivity index (χ0n) is 12.2. The van der Waals surface area contributed by atoms with Crippen molar-refractivity contribution in [2.45, 2.75) is 57.4 Å². The maximum Gasteiger partial charge on any atom is 0.327 e. The third-order valence-electron chi connectivity index (χ3n) is 4.04. The molecule has 1 aliphatic carbocycles. The van der Waals surface area contributed by atoms with Gasteiger partial charge in [0.1, 0.15) is 6.04 Å². The first-order chi connectivity index (χ1) is 9.50. The molecule has 2 aliphatic rings. The van der Waals surface area contributed by atoms with Gasteiger partial charge in [-0.15, -0.1) is 11.8 Å². The minimum Gasteiger partial charge on any atom is -0.480 e. The van der Waals surface area contributed by atoms with Crippen LogP contribution >= 0.6 is 11.8 Å². The fraction of sp³-hybridized carbons (Fsp3) is 0.733. The molecule has 0 unspecified atom stereocenters. The SMILES string of the molecule is CC(C)=CC(=O)N1[C@H](C(=O)O)CS[C@H]1C1CCCCC1. The standard InChI is InChI=1S/C15H23NO3S/c1-10(2)8-13(17)16-12(15(18)19)9-20-14(16)11-6-4-3-5-7-11/h8,11-12,14H,3-7,9H2,1-2H3,(H,18,19)/t12-,14-/m0/s1. The maximum atomic E-state index is 12.4. The number of nitrogens with zero attached hydrogens (tertiary/aromatic N) is 1. The van der Waals surface area contributed by atoms with Gasteiger partial charge in [-0.3, -0.25) is 4.79 Å². The monoisotopic (exact) mass is 297 g/mol. The fourth-order valence-electron chi connectivity index (χ4n) is 3.10. The smallest absolute Gasteiger partial charge is 0.327 e. The summed E-state index contributed by atoms with van der Waals surface area (Å²) in [5, 5.41) is 9.40. The van der Waals surface area contributed by atoms with E-state index in [1.54, 1.807) is 22.7 Å². The van der Waals surface area contributed by atoms with Crippen LogP contribution in [-0.2, 0) is 9.59 Å². The third kappa shape index (κ3) is 3.37. The second-order valence-electron chi connectivity index (χ2n) is 5.94. The molecule has 0 radical (unpaired) electrons. The summed E-state index contributed by atoms with van der Waals surface area (Å²) in [7, 11) is 0. The normalized spacial score (nSPS) is 27.4. The minimum absolute atomic E-state index is 0.0412. The van der Waals surface area contributed by atoms with Gasteiger partial charge >= 0.3 is 5.97 Å². The summed E-state index contributed by atoms with van der Waals surface area (Å²) in [5.74, 6) is -0.0596. The van der Waals surface area contributed by atoms with E-state index in [0.717, 1.165) is 18.4 Å². The first-order valence-corrected chi connectivity index (χ1v) is 8.37. The third-order valence-corrected chi connectivity index (χ3v) is 5.50. The van der Waals surface area contributed by atoms with Crippen molar-refractivity contribution in [1.82, 2.24) is 4.90 Å². The highest BCUT2D eigenvalue weighted by molar-refractivity contribution is 8.00. The molecule has 4 nitrogen and oxygen atoms in total. The molecular weight excluding hydrogens is 274 g/mol. The van der Waals surface area contributed by atoms with E-state index in [0.29, 0.717) is 11.7 Å². The van der Waals surface area contributed by atoms with Crippen LogP contribution in [0.4, 0.5) is 0 Å². The van der Waals surface area contributed by atoms with Gasteiger partial charge in [0.2, 0.25) is 5.91 Å². The van der Waals surface area contributed by atoms with E-state index in [9.17, 15) is 14.7 Å². The van der Waals surface area contributed by atoms with Gasteiger partial charge in [0.05, 0.1) is 5.37 Å². The van der Waals surface area contributed by atoms with E-state index in [4.69, 9.17) is 0 Å². The second-order valence-corrected chi connectivity index (χ2v) is 7.09. The predicted molar refractivity (Wildman–Crippen MR) is 80.5 cm³/mol. The van der Waals surface area contributed by atoms with Crippen molar-refractivity contribution in [2.75, 3.05) is 5.75 Å². The largest absolute Gasteiger partial charge is 0.480 e. The molecule has 20 heavy (non-hydrogen) atoms. The summed E-state index contributed by atoms with van der Waals surface area (Å²) < 4.78 is 0. The van der Waals surface area contributed by atoms with E-state index in [1.807, 2.05) is 13.8 Å². The van der Waals surface area contributed by atoms with Gasteiger partial charge in [0.25, 0.3) is 0 Å². The number of hydrogen-bond donors (Lipinski definition) is 1. The number of aliphatic carboxylic acids is 1. The zero-order chi connectivity index (χ0) is 14.7. The van der Waals surface area contributed by atoms with Crippen LogP contribution in [0, 0.1) is 5.92 Å². The molecule has 1 N–H and O–H groups in total. The van der Waals surface area contributed by atoms with Crippen molar-refractivity contribution in [2.24, 2.45) is 5.92 Å². The lowest BCUT2D eigenvalue weighted by molar-refractivity contribution is -0.147. The number of thioether (sulfide) groups is 1. The molecule has 2 atom stereocenters. The fourth-order valence-corrected chi connectivity index (χ4v) is 4.74. The van der Waals surface area contributed by atoms with Crippen molar-refractivity contribution in [1.29, 1.82) is 0 Å². The Labute approximate surface area is 124 Å². The molecule has 5 heteroatoms. The molecule has 112 valence electrons. The molecule has 2 rings (SSSR count). The van der Waals surface area contributed by atoms with Gasteiger partial charge in [0.15, 0.2) is 0 Å². The molecule has 0 spiro atoms. The zero-order valence-corrected chi connectivity index (χ0v) is 13.0. The first kappa shape index (κ1) is 15.4. The Morgan fingerprint density at radius 2 is 1.85 bits per heavy atom. The number of carbonyl (C=O) groups is 2. The van der Waals surface area contributed by atoms with Crippen molar-refractivity contribution in [3.8, 4) is 0 Å². The van der Waals surface area contributed by atoms with Crippen LogP contribution in [0.1, 0.15) is 46.0 Å². The van der Waals surface area contributed by atoms with E-state index in [2.05, 4.69) is 0 Å². The van der Waals surface area contributed by atoms with E-state index < -0.39 is 12.0 Å². The maximum absolute atomic E-state index is 12.4. The van der Waals surface area contributed by atoms with Crippen LogP contribution in [0.3, 0.4) is 0 Å². The Balaban J connectivity index is 2.19. The Morgan fingerprint density at radius 1 is 1.20 bits per heavy atom. The minimum atomic E-state index is -0.883. The first-order valence-electron chi connectivity index (χ1n) is 7.32. The molecule has 1 heterocycles. The van der Waals surface area contributed by atoms with Crippen molar-refractivity contribution in [3.63, 3.8) is 0 Å². The Kier molecular flexibility index (Phi) is 5.13. The number of amides is 1. The van der Waals surface area contributed by atoms with Gasteiger partial charge in [-0.2, -0.15) is 0 Å². The molecular formula is C15H23NO3S. The average Bonchev–Trinajstić information content (AvgIpc) is 2.83. The Morgan fingerprint density at radius 3 is 2.40 bits per heavy atom. The lowest BCUT2D eigenvalue weighted by Gasteiger charge is -2.34. The van der Waals surface area contributed by atoms with Crippen LogP contribution in [-0.4, -0.2) is 39.1 Å². The summed E-state index contributed by atoms with van der Waals surface area (Å²) in [5.41, 5.74) is 0.915. The van der Waals surface area contributed by atoms with E-state index >= 15 is 0 Å². The van der Waals surface area contributed by atoms with E-state index in [1.165, 1.54) is 19.3 Å². The number of rotatable bonds is 3. The molecule has 1 amide bonds. The van der Waals surface area contributed by atoms with Crippen LogP contribution in [0.5, 0.6) is 0 Å². The van der Waals surface area contributed by atoms with Crippen molar-refractivity contribution >= 4 is 23.6 Å². The Bertz CT molecular complexity index is 411. The highest BCUT2D eigenvalue weighted by Crippen LogP contribution is 2.40. The summed E-state index contributed by atoms with van der Waals surface area (Å²) in [6.07, 6.45) is 7.45. The quantitative estimate of drug-likeness (QED) is 0.814. The van der Waals surface area contributed by atoms with Crippen LogP contribution in [0.2, 0.25) is 0 Å². The van der Waals surface area contributed by atoms with Crippen molar-refractivity contribution in [3.05, 3.63) is 11.6 Å². The molecule has 0 bridgehead atoms. The number of carboxylic acid groups (broad SMARTS) is 1. The highest BCUT2D eigenvalue weighted by atomic mass is 32.2. The average molecular weight is 297 g/mol. The summed E-state index contributed by atoms with van der Waals surface area (Å²) in [4.78, 5) is 25.4.